The lowest BCUT2D eigenvalue weighted by molar-refractivity contribution is 0.524. The summed E-state index contributed by atoms with van der Waals surface area (Å²) in [5.41, 5.74) is 2.23. The summed E-state index contributed by atoms with van der Waals surface area (Å²) in [6, 6.07) is 11.8. The van der Waals surface area contributed by atoms with E-state index in [0.29, 0.717) is 6.04 Å². The molecule has 1 fully saturated rings. The van der Waals surface area contributed by atoms with Crippen molar-refractivity contribution in [2.24, 2.45) is 0 Å². The number of aromatic nitrogens is 2. The molecule has 1 aromatic heterocycles. The van der Waals surface area contributed by atoms with Gasteiger partial charge in [-0.2, -0.15) is 0 Å². The first-order chi connectivity index (χ1) is 9.43. The molecular formula is C16H18N3. The van der Waals surface area contributed by atoms with Crippen molar-refractivity contribution in [3.63, 3.8) is 0 Å². The highest BCUT2D eigenvalue weighted by Gasteiger charge is 2.15. The van der Waals surface area contributed by atoms with Crippen LogP contribution in [0.25, 0.3) is 11.4 Å². The molecule has 19 heavy (non-hydrogen) atoms. The molecule has 1 aliphatic rings. The zero-order valence-electron chi connectivity index (χ0n) is 11.0. The molecule has 0 saturated heterocycles. The number of nitrogens with one attached hydrogen (secondary N) is 1. The van der Waals surface area contributed by atoms with Crippen LogP contribution >= 0.6 is 0 Å². The van der Waals surface area contributed by atoms with Crippen molar-refractivity contribution in [2.45, 2.75) is 38.3 Å². The van der Waals surface area contributed by atoms with Crippen LogP contribution in [0.5, 0.6) is 0 Å². The standard InChI is InChI=1S/C16H18N3/c1-4-9-15(16-17-10-5-11-18-16)13(6-1)12-19-14-7-2-3-8-14/h1,4-5,9-11,14,19H,2-3,7-8,12H2. The largest absolute Gasteiger partial charge is 0.310 e. The molecule has 3 rings (SSSR count). The van der Waals surface area contributed by atoms with Crippen molar-refractivity contribution in [1.82, 2.24) is 15.3 Å². The third-order valence-electron chi connectivity index (χ3n) is 3.67. The van der Waals surface area contributed by atoms with Crippen LogP contribution in [-0.2, 0) is 6.54 Å². The van der Waals surface area contributed by atoms with Crippen molar-refractivity contribution in [1.29, 1.82) is 0 Å². The third-order valence-corrected chi connectivity index (χ3v) is 3.67. The number of rotatable bonds is 4. The summed E-state index contributed by atoms with van der Waals surface area (Å²) in [5.74, 6) is 0.780. The Morgan fingerprint density at radius 2 is 1.95 bits per heavy atom. The molecule has 0 atom stereocenters. The fraction of sp³-hybridized carbons (Fsp3) is 0.375. The summed E-state index contributed by atoms with van der Waals surface area (Å²) in [7, 11) is 0. The van der Waals surface area contributed by atoms with E-state index in [2.05, 4.69) is 27.4 Å². The van der Waals surface area contributed by atoms with Gasteiger partial charge in [-0.05, 0) is 30.5 Å². The molecule has 1 aliphatic carbocycles. The SMILES string of the molecule is [c]1cccc(-c2ncccn2)c1CNC1CCCC1. The van der Waals surface area contributed by atoms with Crippen molar-refractivity contribution in [3.8, 4) is 11.4 Å². The van der Waals surface area contributed by atoms with E-state index < -0.39 is 0 Å². The van der Waals surface area contributed by atoms with Gasteiger partial charge in [0.1, 0.15) is 0 Å². The number of hydrogen-bond acceptors (Lipinski definition) is 3. The van der Waals surface area contributed by atoms with Crippen molar-refractivity contribution < 1.29 is 0 Å². The van der Waals surface area contributed by atoms with E-state index in [1.165, 1.54) is 25.7 Å². The Morgan fingerprint density at radius 3 is 2.74 bits per heavy atom. The second-order valence-corrected chi connectivity index (χ2v) is 5.00. The normalized spacial score (nSPS) is 15.8. The molecule has 1 heterocycles. The van der Waals surface area contributed by atoms with Gasteiger partial charge in [0.2, 0.25) is 0 Å². The lowest BCUT2D eigenvalue weighted by atomic mass is 10.1. The zero-order valence-corrected chi connectivity index (χ0v) is 11.0. The maximum Gasteiger partial charge on any atom is 0.159 e. The van der Waals surface area contributed by atoms with Crippen LogP contribution in [0.1, 0.15) is 31.2 Å². The Bertz CT molecular complexity index is 519. The number of benzene rings is 1. The molecule has 97 valence electrons. The van der Waals surface area contributed by atoms with E-state index in [-0.39, 0.29) is 0 Å². The first kappa shape index (κ1) is 12.3. The van der Waals surface area contributed by atoms with Gasteiger partial charge in [-0.1, -0.05) is 31.0 Å². The van der Waals surface area contributed by atoms with Crippen molar-refractivity contribution >= 4 is 0 Å². The van der Waals surface area contributed by atoms with Gasteiger partial charge < -0.3 is 5.32 Å². The lowest BCUT2D eigenvalue weighted by Gasteiger charge is -2.13. The van der Waals surface area contributed by atoms with E-state index >= 15 is 0 Å². The smallest absolute Gasteiger partial charge is 0.159 e. The topological polar surface area (TPSA) is 37.8 Å². The van der Waals surface area contributed by atoms with Gasteiger partial charge >= 0.3 is 0 Å². The van der Waals surface area contributed by atoms with Gasteiger partial charge in [0.15, 0.2) is 5.82 Å². The molecule has 3 heteroatoms. The van der Waals surface area contributed by atoms with Crippen molar-refractivity contribution in [2.75, 3.05) is 0 Å². The average molecular weight is 252 g/mol. The van der Waals surface area contributed by atoms with Crippen LogP contribution < -0.4 is 5.32 Å². The summed E-state index contributed by atoms with van der Waals surface area (Å²) in [5, 5.41) is 3.62. The third kappa shape index (κ3) is 2.99. The Kier molecular flexibility index (Phi) is 3.84. The van der Waals surface area contributed by atoms with Gasteiger partial charge in [0, 0.05) is 30.5 Å². The summed E-state index contributed by atoms with van der Waals surface area (Å²) in [6.45, 7) is 0.846. The average Bonchev–Trinajstić information content (AvgIpc) is 3.00. The Labute approximate surface area is 114 Å². The minimum Gasteiger partial charge on any atom is -0.310 e. The quantitative estimate of drug-likeness (QED) is 0.909. The molecule has 0 amide bonds. The molecule has 0 aliphatic heterocycles. The van der Waals surface area contributed by atoms with E-state index in [0.717, 1.165) is 23.5 Å². The first-order valence-electron chi connectivity index (χ1n) is 6.94. The highest BCUT2D eigenvalue weighted by molar-refractivity contribution is 5.59. The molecule has 1 aromatic carbocycles. The van der Waals surface area contributed by atoms with E-state index in [4.69, 9.17) is 0 Å². The Balaban J connectivity index is 1.77. The molecule has 3 nitrogen and oxygen atoms in total. The molecular weight excluding hydrogens is 234 g/mol. The van der Waals surface area contributed by atoms with Crippen LogP contribution in [0, 0.1) is 6.07 Å². The second kappa shape index (κ2) is 5.93. The molecule has 0 bridgehead atoms. The van der Waals surface area contributed by atoms with E-state index in [1.807, 2.05) is 18.2 Å². The monoisotopic (exact) mass is 252 g/mol. The molecule has 0 spiro atoms. The van der Waals surface area contributed by atoms with E-state index in [9.17, 15) is 0 Å². The van der Waals surface area contributed by atoms with Gasteiger partial charge in [0.05, 0.1) is 0 Å². The summed E-state index contributed by atoms with van der Waals surface area (Å²) < 4.78 is 0. The molecule has 0 unspecified atom stereocenters. The highest BCUT2D eigenvalue weighted by Crippen LogP contribution is 2.21. The maximum atomic E-state index is 4.33. The van der Waals surface area contributed by atoms with Crippen LogP contribution in [0.4, 0.5) is 0 Å². The fourth-order valence-electron chi connectivity index (χ4n) is 2.64. The predicted octanol–water partition coefficient (Wildman–Crippen LogP) is 2.98. The van der Waals surface area contributed by atoms with Crippen LogP contribution in [0.15, 0.2) is 36.7 Å². The fourth-order valence-corrected chi connectivity index (χ4v) is 2.64. The predicted molar refractivity (Wildman–Crippen MR) is 75.4 cm³/mol. The summed E-state index contributed by atoms with van der Waals surface area (Å²) in [4.78, 5) is 8.66. The van der Waals surface area contributed by atoms with Gasteiger partial charge in [-0.15, -0.1) is 0 Å². The van der Waals surface area contributed by atoms with Gasteiger partial charge in [-0.3, -0.25) is 0 Å². The van der Waals surface area contributed by atoms with E-state index in [1.54, 1.807) is 12.4 Å². The molecule has 1 N–H and O–H groups in total. The highest BCUT2D eigenvalue weighted by atomic mass is 14.9. The van der Waals surface area contributed by atoms with Gasteiger partial charge in [-0.25, -0.2) is 9.97 Å². The zero-order chi connectivity index (χ0) is 12.9. The minimum atomic E-state index is 0.665. The van der Waals surface area contributed by atoms with Crippen LogP contribution in [-0.4, -0.2) is 16.0 Å². The molecule has 2 aromatic rings. The maximum absolute atomic E-state index is 4.33. The van der Waals surface area contributed by atoms with Crippen LogP contribution in [0.2, 0.25) is 0 Å². The van der Waals surface area contributed by atoms with Crippen LogP contribution in [0.3, 0.4) is 0 Å². The van der Waals surface area contributed by atoms with Gasteiger partial charge in [0.25, 0.3) is 0 Å². The minimum absolute atomic E-state index is 0.665. The Hall–Kier alpha value is -1.74. The summed E-state index contributed by atoms with van der Waals surface area (Å²) in [6.07, 6.45) is 8.86. The Morgan fingerprint density at radius 1 is 1.16 bits per heavy atom. The summed E-state index contributed by atoms with van der Waals surface area (Å²) >= 11 is 0. The molecule has 1 saturated carbocycles. The van der Waals surface area contributed by atoms with Crippen molar-refractivity contribution in [3.05, 3.63) is 48.3 Å². The number of hydrogen-bond donors (Lipinski definition) is 1. The lowest BCUT2D eigenvalue weighted by Crippen LogP contribution is -2.25. The first-order valence-corrected chi connectivity index (χ1v) is 6.94. The molecule has 1 radical (unpaired) electrons. The number of nitrogens with zero attached hydrogens (tertiary/aromatic N) is 2. The second-order valence-electron chi connectivity index (χ2n) is 5.00.